The summed E-state index contributed by atoms with van der Waals surface area (Å²) in [6, 6.07) is 1.30. The van der Waals surface area contributed by atoms with Crippen LogP contribution < -0.4 is 5.32 Å². The smallest absolute Gasteiger partial charge is 0.230 e. The van der Waals surface area contributed by atoms with Crippen molar-refractivity contribution in [3.63, 3.8) is 0 Å². The number of β-amino-alcohol motifs (C(OH)–C–C–N with tert-alkyl or cyclic N) is 1. The summed E-state index contributed by atoms with van der Waals surface area (Å²) >= 11 is 0. The molecule has 0 aromatic rings. The zero-order valence-electron chi connectivity index (χ0n) is 9.42. The van der Waals surface area contributed by atoms with Gasteiger partial charge in [0, 0.05) is 20.1 Å². The zero-order valence-corrected chi connectivity index (χ0v) is 10.2. The highest BCUT2D eigenvalue weighted by molar-refractivity contribution is 7.90. The monoisotopic (exact) mass is 247 g/mol. The Kier molecular flexibility index (Phi) is 4.27. The molecule has 0 radical (unpaired) electrons. The van der Waals surface area contributed by atoms with Crippen LogP contribution in [0.25, 0.3) is 0 Å². The first-order valence-corrected chi connectivity index (χ1v) is 6.70. The van der Waals surface area contributed by atoms with E-state index >= 15 is 0 Å². The van der Waals surface area contributed by atoms with Crippen molar-refractivity contribution in [2.45, 2.75) is 30.7 Å². The number of aliphatic hydroxyl groups is 1. The first-order valence-electron chi connectivity index (χ1n) is 5.20. The topological polar surface area (TPSA) is 93.4 Å². The molecule has 1 aliphatic heterocycles. The second-order valence-electron chi connectivity index (χ2n) is 3.88. The molecule has 1 saturated heterocycles. The fourth-order valence-corrected chi connectivity index (χ4v) is 3.33. The van der Waals surface area contributed by atoms with Crippen molar-refractivity contribution in [2.24, 2.45) is 0 Å². The molecule has 7 heteroatoms. The summed E-state index contributed by atoms with van der Waals surface area (Å²) in [7, 11) is -2.23. The molecule has 2 N–H and O–H groups in total. The summed E-state index contributed by atoms with van der Waals surface area (Å²) in [6.07, 6.45) is -0.463. The van der Waals surface area contributed by atoms with Crippen molar-refractivity contribution >= 4 is 10.0 Å². The van der Waals surface area contributed by atoms with Crippen LogP contribution in [0.5, 0.6) is 0 Å². The highest BCUT2D eigenvalue weighted by atomic mass is 32.2. The van der Waals surface area contributed by atoms with Gasteiger partial charge in [0.2, 0.25) is 10.0 Å². The normalized spacial score (nSPS) is 27.9. The third-order valence-electron chi connectivity index (χ3n) is 2.89. The van der Waals surface area contributed by atoms with Crippen molar-refractivity contribution < 1.29 is 13.5 Å². The van der Waals surface area contributed by atoms with Crippen LogP contribution in [0.2, 0.25) is 0 Å². The number of rotatable bonds is 4. The molecule has 0 amide bonds. The molecule has 3 atom stereocenters. The van der Waals surface area contributed by atoms with Gasteiger partial charge in [-0.15, -0.1) is 0 Å². The van der Waals surface area contributed by atoms with Gasteiger partial charge in [-0.25, -0.2) is 8.42 Å². The van der Waals surface area contributed by atoms with E-state index in [1.165, 1.54) is 7.05 Å². The van der Waals surface area contributed by atoms with E-state index in [1.807, 2.05) is 0 Å². The SMILES string of the molecule is CCC(C#N)S(=O)(=O)N(C)[C@H]1CNC[C@@H]1O. The zero-order chi connectivity index (χ0) is 12.3. The molecule has 0 aromatic carbocycles. The minimum Gasteiger partial charge on any atom is -0.390 e. The Labute approximate surface area is 95.9 Å². The van der Waals surface area contributed by atoms with E-state index in [0.717, 1.165) is 4.31 Å². The number of likely N-dealkylation sites (N-methyl/N-ethyl adjacent to an activating group) is 1. The molecule has 1 rings (SSSR count). The lowest BCUT2D eigenvalue weighted by molar-refractivity contribution is 0.136. The predicted molar refractivity (Wildman–Crippen MR) is 59.0 cm³/mol. The first-order chi connectivity index (χ1) is 7.45. The summed E-state index contributed by atoms with van der Waals surface area (Å²) in [4.78, 5) is 0. The van der Waals surface area contributed by atoms with E-state index in [1.54, 1.807) is 13.0 Å². The number of hydrogen-bond acceptors (Lipinski definition) is 5. The molecule has 0 saturated carbocycles. The maximum absolute atomic E-state index is 12.0. The van der Waals surface area contributed by atoms with Crippen molar-refractivity contribution in [1.29, 1.82) is 5.26 Å². The van der Waals surface area contributed by atoms with Gasteiger partial charge in [-0.1, -0.05) is 6.92 Å². The molecule has 1 fully saturated rings. The highest BCUT2D eigenvalue weighted by Gasteiger charge is 2.38. The van der Waals surface area contributed by atoms with Gasteiger partial charge in [0.1, 0.15) is 0 Å². The minimum atomic E-state index is -3.65. The van der Waals surface area contributed by atoms with Gasteiger partial charge in [0.25, 0.3) is 0 Å². The lowest BCUT2D eigenvalue weighted by Gasteiger charge is -2.27. The third-order valence-corrected chi connectivity index (χ3v) is 5.13. The lowest BCUT2D eigenvalue weighted by atomic mass is 10.2. The van der Waals surface area contributed by atoms with Gasteiger partial charge in [0.15, 0.2) is 5.25 Å². The number of nitrogens with one attached hydrogen (secondary N) is 1. The van der Waals surface area contributed by atoms with Gasteiger partial charge in [0.05, 0.1) is 18.2 Å². The molecule has 0 aromatic heterocycles. The largest absolute Gasteiger partial charge is 0.390 e. The van der Waals surface area contributed by atoms with E-state index in [4.69, 9.17) is 5.26 Å². The maximum Gasteiger partial charge on any atom is 0.230 e. The first kappa shape index (κ1) is 13.4. The number of hydrogen-bond donors (Lipinski definition) is 2. The number of sulfonamides is 1. The molecule has 1 aliphatic rings. The molecule has 6 nitrogen and oxygen atoms in total. The molecule has 0 spiro atoms. The van der Waals surface area contributed by atoms with Crippen LogP contribution in [0, 0.1) is 11.3 Å². The van der Waals surface area contributed by atoms with Crippen molar-refractivity contribution in [3.8, 4) is 6.07 Å². The second-order valence-corrected chi connectivity index (χ2v) is 6.06. The fourth-order valence-electron chi connectivity index (χ4n) is 1.78. The highest BCUT2D eigenvalue weighted by Crippen LogP contribution is 2.17. The minimum absolute atomic E-state index is 0.249. The Morgan fingerprint density at radius 1 is 1.62 bits per heavy atom. The molecular formula is C9H17N3O3S. The summed E-state index contributed by atoms with van der Waals surface area (Å²) in [5, 5.41) is 20.3. The van der Waals surface area contributed by atoms with Crippen LogP contribution >= 0.6 is 0 Å². The molecule has 0 bridgehead atoms. The van der Waals surface area contributed by atoms with Crippen LogP contribution in [-0.4, -0.2) is 55.4 Å². The van der Waals surface area contributed by atoms with E-state index in [0.29, 0.717) is 13.1 Å². The van der Waals surface area contributed by atoms with Crippen LogP contribution in [0.3, 0.4) is 0 Å². The third kappa shape index (κ3) is 2.35. The summed E-state index contributed by atoms with van der Waals surface area (Å²) in [6.45, 7) is 2.45. The van der Waals surface area contributed by atoms with Gasteiger partial charge in [-0.3, -0.25) is 0 Å². The van der Waals surface area contributed by atoms with Crippen molar-refractivity contribution in [3.05, 3.63) is 0 Å². The summed E-state index contributed by atoms with van der Waals surface area (Å²) in [5.74, 6) is 0. The molecular weight excluding hydrogens is 230 g/mol. The van der Waals surface area contributed by atoms with Crippen LogP contribution in [0.15, 0.2) is 0 Å². The summed E-state index contributed by atoms with van der Waals surface area (Å²) in [5.41, 5.74) is 0. The number of nitrogens with zero attached hydrogens (tertiary/aromatic N) is 2. The van der Waals surface area contributed by atoms with Gasteiger partial charge in [-0.2, -0.15) is 9.57 Å². The van der Waals surface area contributed by atoms with Gasteiger partial charge >= 0.3 is 0 Å². The Morgan fingerprint density at radius 2 is 2.25 bits per heavy atom. The standard InChI is InChI=1S/C9H17N3O3S/c1-3-7(4-10)16(14,15)12(2)8-5-11-6-9(8)13/h7-9,11,13H,3,5-6H2,1-2H3/t7?,8-,9-/m0/s1. The average molecular weight is 247 g/mol. The van der Waals surface area contributed by atoms with E-state index in [2.05, 4.69) is 5.32 Å². The fraction of sp³-hybridized carbons (Fsp3) is 0.889. The maximum atomic E-state index is 12.0. The number of nitriles is 1. The number of aliphatic hydroxyl groups excluding tert-OH is 1. The quantitative estimate of drug-likeness (QED) is 0.656. The molecule has 0 aliphatic carbocycles. The van der Waals surface area contributed by atoms with Crippen LogP contribution in [-0.2, 0) is 10.0 Å². The van der Waals surface area contributed by atoms with Crippen LogP contribution in [0.4, 0.5) is 0 Å². The molecule has 1 heterocycles. The van der Waals surface area contributed by atoms with Crippen LogP contribution in [0.1, 0.15) is 13.3 Å². The summed E-state index contributed by atoms with van der Waals surface area (Å²) < 4.78 is 25.1. The Hall–Kier alpha value is -0.680. The van der Waals surface area contributed by atoms with E-state index in [9.17, 15) is 13.5 Å². The molecule has 92 valence electrons. The van der Waals surface area contributed by atoms with Gasteiger partial charge in [-0.05, 0) is 6.42 Å². The van der Waals surface area contributed by atoms with E-state index in [-0.39, 0.29) is 6.42 Å². The second kappa shape index (κ2) is 5.10. The Bertz CT molecular complexity index is 376. The Balaban J connectivity index is 2.88. The predicted octanol–water partition coefficient (Wildman–Crippen LogP) is -1.12. The molecule has 1 unspecified atom stereocenters. The molecule has 16 heavy (non-hydrogen) atoms. The van der Waals surface area contributed by atoms with Gasteiger partial charge < -0.3 is 10.4 Å². The van der Waals surface area contributed by atoms with Crippen molar-refractivity contribution in [2.75, 3.05) is 20.1 Å². The van der Waals surface area contributed by atoms with E-state index < -0.39 is 27.4 Å². The Morgan fingerprint density at radius 3 is 2.62 bits per heavy atom. The van der Waals surface area contributed by atoms with Crippen molar-refractivity contribution in [1.82, 2.24) is 9.62 Å². The lowest BCUT2D eigenvalue weighted by Crippen LogP contribution is -2.47. The average Bonchev–Trinajstić information content (AvgIpc) is 2.64.